The third-order valence-corrected chi connectivity index (χ3v) is 6.90. The van der Waals surface area contributed by atoms with E-state index in [2.05, 4.69) is 20.6 Å². The van der Waals surface area contributed by atoms with E-state index in [1.54, 1.807) is 31.2 Å². The highest BCUT2D eigenvalue weighted by molar-refractivity contribution is 6.31. The highest BCUT2D eigenvalue weighted by atomic mass is 35.5. The molecule has 2 aromatic carbocycles. The van der Waals surface area contributed by atoms with Crippen LogP contribution in [0.4, 0.5) is 21.6 Å². The van der Waals surface area contributed by atoms with Gasteiger partial charge in [-0.15, -0.1) is 0 Å². The van der Waals surface area contributed by atoms with Crippen molar-refractivity contribution in [1.29, 1.82) is 0 Å². The van der Waals surface area contributed by atoms with E-state index in [4.69, 9.17) is 25.8 Å². The van der Waals surface area contributed by atoms with Gasteiger partial charge in [-0.3, -0.25) is 14.5 Å². The number of halogens is 2. The molecule has 1 aliphatic rings. The molecule has 2 N–H and O–H groups in total. The van der Waals surface area contributed by atoms with Crippen molar-refractivity contribution in [2.75, 3.05) is 56.7 Å². The van der Waals surface area contributed by atoms with Crippen molar-refractivity contribution in [2.45, 2.75) is 33.1 Å². The van der Waals surface area contributed by atoms with Crippen LogP contribution < -0.4 is 15.4 Å². The summed E-state index contributed by atoms with van der Waals surface area (Å²) in [6, 6.07) is 7.80. The highest BCUT2D eigenvalue weighted by Crippen LogP contribution is 2.36. The average Bonchev–Trinajstić information content (AvgIpc) is 3.81. The van der Waals surface area contributed by atoms with Crippen molar-refractivity contribution in [3.63, 3.8) is 0 Å². The molecular weight excluding hydrogens is 577 g/mol. The topological polar surface area (TPSA) is 115 Å². The summed E-state index contributed by atoms with van der Waals surface area (Å²) in [7, 11) is 0. The van der Waals surface area contributed by atoms with Gasteiger partial charge in [-0.25, -0.2) is 14.4 Å². The maximum absolute atomic E-state index is 13.7. The number of nitrogens with zero attached hydrogens (tertiary/aromatic N) is 3. The van der Waals surface area contributed by atoms with E-state index in [-0.39, 0.29) is 23.4 Å². The van der Waals surface area contributed by atoms with Crippen LogP contribution in [0.15, 0.2) is 48.8 Å². The van der Waals surface area contributed by atoms with Crippen molar-refractivity contribution in [2.24, 2.45) is 5.92 Å². The minimum absolute atomic E-state index is 0.0195. The fraction of sp³-hybridized carbons (Fsp3) is 0.419. The Morgan fingerprint density at radius 1 is 1.16 bits per heavy atom. The van der Waals surface area contributed by atoms with E-state index in [1.807, 2.05) is 11.8 Å². The van der Waals surface area contributed by atoms with E-state index >= 15 is 0 Å². The summed E-state index contributed by atoms with van der Waals surface area (Å²) < 4.78 is 30.2. The standard InChI is InChI=1S/C31H37ClFN5O5/c1-3-41-14-6-13-38(18-30(40)42-4-2)12-5-7-29(39)37-27-16-23-26(17-28(27)43-19-21-8-9-21)34-20-35-31(23)36-22-10-11-25(33)24(32)15-22/h5,7,10-11,15-17,20-21H,3-4,6,8-9,12-14,18-19H2,1-2H3,(H,37,39)(H,34,35,36). The van der Waals surface area contributed by atoms with Gasteiger partial charge in [-0.2, -0.15) is 0 Å². The van der Waals surface area contributed by atoms with E-state index in [9.17, 15) is 14.0 Å². The van der Waals surface area contributed by atoms with Crippen LogP contribution in [0.5, 0.6) is 5.75 Å². The lowest BCUT2D eigenvalue weighted by molar-refractivity contribution is -0.144. The molecule has 1 fully saturated rings. The molecule has 230 valence electrons. The second kappa shape index (κ2) is 16.2. The van der Waals surface area contributed by atoms with Gasteiger partial charge in [-0.1, -0.05) is 17.7 Å². The van der Waals surface area contributed by atoms with Gasteiger partial charge in [0.2, 0.25) is 5.91 Å². The number of hydrogen-bond donors (Lipinski definition) is 2. The van der Waals surface area contributed by atoms with Crippen LogP contribution in [0.25, 0.3) is 10.9 Å². The molecule has 1 aromatic heterocycles. The smallest absolute Gasteiger partial charge is 0.320 e. The second-order valence-electron chi connectivity index (χ2n) is 10.1. The second-order valence-corrected chi connectivity index (χ2v) is 10.5. The number of anilines is 3. The summed E-state index contributed by atoms with van der Waals surface area (Å²) in [6.07, 6.45) is 7.52. The molecule has 0 unspecified atom stereocenters. The first-order valence-electron chi connectivity index (χ1n) is 14.4. The molecule has 1 saturated carbocycles. The Labute approximate surface area is 255 Å². The minimum atomic E-state index is -0.523. The zero-order valence-corrected chi connectivity index (χ0v) is 25.2. The summed E-state index contributed by atoms with van der Waals surface area (Å²) in [4.78, 5) is 35.7. The van der Waals surface area contributed by atoms with Gasteiger partial charge in [0.15, 0.2) is 0 Å². The molecule has 0 bridgehead atoms. The third kappa shape index (κ3) is 10.2. The van der Waals surface area contributed by atoms with Crippen LogP contribution in [0.3, 0.4) is 0 Å². The number of carbonyl (C=O) groups is 2. The highest BCUT2D eigenvalue weighted by Gasteiger charge is 2.23. The predicted octanol–water partition coefficient (Wildman–Crippen LogP) is 5.74. The number of fused-ring (bicyclic) bond motifs is 1. The lowest BCUT2D eigenvalue weighted by atomic mass is 10.1. The molecule has 10 nitrogen and oxygen atoms in total. The molecule has 0 atom stereocenters. The Kier molecular flexibility index (Phi) is 12.1. The molecule has 1 amide bonds. The largest absolute Gasteiger partial charge is 0.491 e. The summed E-state index contributed by atoms with van der Waals surface area (Å²) in [5.74, 6) is 0.241. The van der Waals surface area contributed by atoms with Crippen molar-refractivity contribution in [1.82, 2.24) is 14.9 Å². The molecule has 0 saturated heterocycles. The molecule has 4 rings (SSSR count). The quantitative estimate of drug-likeness (QED) is 0.112. The number of esters is 1. The van der Waals surface area contributed by atoms with Crippen LogP contribution in [0, 0.1) is 11.7 Å². The lowest BCUT2D eigenvalue weighted by Crippen LogP contribution is -2.32. The molecule has 0 spiro atoms. The number of carbonyl (C=O) groups excluding carboxylic acids is 2. The molecule has 1 heterocycles. The van der Waals surface area contributed by atoms with Gasteiger partial charge in [0.25, 0.3) is 0 Å². The van der Waals surface area contributed by atoms with Crippen LogP contribution in [-0.2, 0) is 19.1 Å². The SMILES string of the molecule is CCOCCCN(CC=CC(=O)Nc1cc2c(Nc3ccc(F)c(Cl)c3)ncnc2cc1OCC1CC1)CC(=O)OCC. The number of benzene rings is 2. The van der Waals surface area contributed by atoms with Crippen LogP contribution in [-0.4, -0.2) is 72.8 Å². The summed E-state index contributed by atoms with van der Waals surface area (Å²) in [5, 5.41) is 6.67. The number of ether oxygens (including phenoxy) is 3. The fourth-order valence-electron chi connectivity index (χ4n) is 4.25. The van der Waals surface area contributed by atoms with Crippen molar-refractivity contribution in [3.05, 3.63) is 59.7 Å². The maximum Gasteiger partial charge on any atom is 0.320 e. The zero-order valence-electron chi connectivity index (χ0n) is 24.4. The Morgan fingerprint density at radius 3 is 2.74 bits per heavy atom. The van der Waals surface area contributed by atoms with E-state index in [1.165, 1.54) is 24.5 Å². The monoisotopic (exact) mass is 613 g/mol. The van der Waals surface area contributed by atoms with Gasteiger partial charge in [0.1, 0.15) is 23.7 Å². The van der Waals surface area contributed by atoms with Crippen molar-refractivity contribution < 1.29 is 28.2 Å². The molecule has 12 heteroatoms. The molecule has 0 radical (unpaired) electrons. The minimum Gasteiger partial charge on any atom is -0.491 e. The Morgan fingerprint density at radius 2 is 2.00 bits per heavy atom. The van der Waals surface area contributed by atoms with Gasteiger partial charge in [-0.05, 0) is 63.3 Å². The van der Waals surface area contributed by atoms with E-state index in [0.29, 0.717) is 79.3 Å². The number of rotatable bonds is 17. The summed E-state index contributed by atoms with van der Waals surface area (Å²) in [5.41, 5.74) is 1.60. The van der Waals surface area contributed by atoms with Gasteiger partial charge >= 0.3 is 5.97 Å². The number of hydrogen-bond acceptors (Lipinski definition) is 9. The average molecular weight is 614 g/mol. The Balaban J connectivity index is 1.50. The molecule has 1 aliphatic carbocycles. The van der Waals surface area contributed by atoms with Gasteiger partial charge < -0.3 is 24.8 Å². The van der Waals surface area contributed by atoms with Crippen LogP contribution in [0.2, 0.25) is 5.02 Å². The summed E-state index contributed by atoms with van der Waals surface area (Å²) in [6.45, 7) is 6.86. The number of aromatic nitrogens is 2. The number of nitrogens with one attached hydrogen (secondary N) is 2. The lowest BCUT2D eigenvalue weighted by Gasteiger charge is -2.19. The van der Waals surface area contributed by atoms with Crippen LogP contribution in [0.1, 0.15) is 33.1 Å². The van der Waals surface area contributed by atoms with Crippen LogP contribution >= 0.6 is 11.6 Å². The maximum atomic E-state index is 13.7. The molecule has 0 aliphatic heterocycles. The normalized spacial score (nSPS) is 13.0. The first-order valence-corrected chi connectivity index (χ1v) is 14.8. The fourth-order valence-corrected chi connectivity index (χ4v) is 4.43. The summed E-state index contributed by atoms with van der Waals surface area (Å²) >= 11 is 5.95. The first kappa shape index (κ1) is 32.1. The van der Waals surface area contributed by atoms with E-state index < -0.39 is 5.82 Å². The zero-order chi connectivity index (χ0) is 30.6. The van der Waals surface area contributed by atoms with Gasteiger partial charge in [0.05, 0.1) is 36.0 Å². The Bertz CT molecular complexity index is 1440. The van der Waals surface area contributed by atoms with Gasteiger partial charge in [0, 0.05) is 49.5 Å². The molecular formula is C31H37ClFN5O5. The Hall–Kier alpha value is -3.80. The van der Waals surface area contributed by atoms with E-state index in [0.717, 1.165) is 19.3 Å². The number of amides is 1. The van der Waals surface area contributed by atoms with Crippen molar-refractivity contribution in [3.8, 4) is 5.75 Å². The molecule has 3 aromatic rings. The first-order chi connectivity index (χ1) is 20.9. The molecule has 43 heavy (non-hydrogen) atoms. The third-order valence-electron chi connectivity index (χ3n) is 6.61. The van der Waals surface area contributed by atoms with Crippen molar-refractivity contribution >= 4 is 51.6 Å². The predicted molar refractivity (Wildman–Crippen MR) is 164 cm³/mol.